The molecule has 2 rings (SSSR count). The molecular formula is C14H20Cl2TiZn. The van der Waals surface area contributed by atoms with Gasteiger partial charge in [-0.25, -0.2) is 0 Å². The predicted octanol–water partition coefficient (Wildman–Crippen LogP) is -1.29. The smallest absolute Gasteiger partial charge is 1.00 e. The van der Waals surface area contributed by atoms with Gasteiger partial charge in [0.2, 0.25) is 0 Å². The second-order valence-corrected chi connectivity index (χ2v) is 12.2. The zero-order valence-corrected chi connectivity index (χ0v) is 17.3. The largest absolute Gasteiger partial charge is 1.00 e. The molecule has 0 N–H and O–H groups in total. The van der Waals surface area contributed by atoms with Gasteiger partial charge in [0, 0.05) is 0 Å². The van der Waals surface area contributed by atoms with E-state index in [4.69, 9.17) is 0 Å². The first kappa shape index (κ1) is 21.2. The van der Waals surface area contributed by atoms with Gasteiger partial charge in [-0.3, -0.25) is 0 Å². The number of hydrogen-bond acceptors (Lipinski definition) is 0. The van der Waals surface area contributed by atoms with Crippen molar-refractivity contribution in [1.29, 1.82) is 0 Å². The molecule has 0 aromatic heterocycles. The standard InChI is InChI=1S/2C5H5.2C2H5.2ClH.Ti.Zn/c2*1-2-4-5-3-1;2*1-2;;;;/h2*1-3H,4H2;2*1H2,2H3;2*1H;;/q;;;;;;+2;/p-2. The Morgan fingerprint density at radius 3 is 1.61 bits per heavy atom. The number of halogens is 2. The first-order chi connectivity index (χ1) is 7.86. The van der Waals surface area contributed by atoms with Crippen LogP contribution in [0.5, 0.6) is 0 Å². The van der Waals surface area contributed by atoms with Crippen molar-refractivity contribution >= 4 is 0 Å². The van der Waals surface area contributed by atoms with Crippen molar-refractivity contribution in [3.05, 3.63) is 44.2 Å². The predicted molar refractivity (Wildman–Crippen MR) is 64.6 cm³/mol. The SMILES string of the molecule is C1=CC[C]([Ti+2][C]2=CC=CC2)=C1.C[CH2][Zn][CH2]C.[Cl-].[Cl-]. The summed E-state index contributed by atoms with van der Waals surface area (Å²) in [6.07, 6.45) is 15.9. The Kier molecular flexibility index (Phi) is 16.8. The van der Waals surface area contributed by atoms with Crippen LogP contribution >= 0.6 is 0 Å². The molecule has 2 aliphatic rings. The van der Waals surface area contributed by atoms with E-state index in [1.54, 1.807) is 7.76 Å². The van der Waals surface area contributed by atoms with E-state index in [0.29, 0.717) is 0 Å². The zero-order valence-electron chi connectivity index (χ0n) is 11.3. The van der Waals surface area contributed by atoms with Gasteiger partial charge >= 0.3 is 117 Å². The van der Waals surface area contributed by atoms with Gasteiger partial charge in [0.1, 0.15) is 0 Å². The number of rotatable bonds is 4. The van der Waals surface area contributed by atoms with E-state index in [1.165, 1.54) is 22.9 Å². The van der Waals surface area contributed by atoms with Gasteiger partial charge in [-0.15, -0.1) is 0 Å². The van der Waals surface area contributed by atoms with Gasteiger partial charge < -0.3 is 24.8 Å². The van der Waals surface area contributed by atoms with Crippen molar-refractivity contribution in [1.82, 2.24) is 0 Å². The van der Waals surface area contributed by atoms with Gasteiger partial charge in [-0.05, 0) is 0 Å². The zero-order chi connectivity index (χ0) is 11.6. The third-order valence-corrected chi connectivity index (χ3v) is 7.70. The Hall–Kier alpha value is 0.878. The molecule has 0 atom stereocenters. The maximum absolute atomic E-state index is 2.30. The third-order valence-electron chi connectivity index (χ3n) is 2.57. The second kappa shape index (κ2) is 14.3. The minimum absolute atomic E-state index is 0. The molecule has 0 amide bonds. The minimum atomic E-state index is 0. The number of hydrogen-bond donors (Lipinski definition) is 0. The molecule has 0 fully saturated rings. The summed E-state index contributed by atoms with van der Waals surface area (Å²) in [5, 5.41) is 3.06. The molecule has 0 aliphatic heterocycles. The normalized spacial score (nSPS) is 14.1. The molecule has 0 saturated heterocycles. The molecular weight excluding hydrogens is 352 g/mol. The summed E-state index contributed by atoms with van der Waals surface area (Å²) in [4.78, 5) is 0. The van der Waals surface area contributed by atoms with Crippen molar-refractivity contribution in [3.8, 4) is 0 Å². The van der Waals surface area contributed by atoms with Crippen molar-refractivity contribution in [2.45, 2.75) is 36.7 Å². The Balaban J connectivity index is 0. The number of allylic oxidation sites excluding steroid dienone is 8. The first-order valence-corrected chi connectivity index (χ1v) is 12.1. The van der Waals surface area contributed by atoms with E-state index in [1.807, 2.05) is 0 Å². The molecule has 0 heterocycles. The molecule has 0 spiro atoms. The molecule has 0 aromatic rings. The summed E-state index contributed by atoms with van der Waals surface area (Å²) in [6, 6.07) is 0. The monoisotopic (exact) mass is 370 g/mol. The van der Waals surface area contributed by atoms with Gasteiger partial charge in [-0.2, -0.15) is 0 Å². The molecule has 0 nitrogen and oxygen atoms in total. The quantitative estimate of drug-likeness (QED) is 0.539. The molecule has 4 heteroatoms. The van der Waals surface area contributed by atoms with Crippen LogP contribution in [0.2, 0.25) is 10.0 Å². The van der Waals surface area contributed by atoms with Crippen LogP contribution < -0.4 is 24.8 Å². The van der Waals surface area contributed by atoms with Crippen LogP contribution in [0.4, 0.5) is 0 Å². The Morgan fingerprint density at radius 1 is 0.944 bits per heavy atom. The Bertz CT molecular complexity index is 290. The third kappa shape index (κ3) is 9.76. The van der Waals surface area contributed by atoms with Crippen LogP contribution in [0.3, 0.4) is 0 Å². The van der Waals surface area contributed by atoms with Gasteiger partial charge in [-0.1, -0.05) is 0 Å². The second-order valence-electron chi connectivity index (χ2n) is 4.13. The first-order valence-electron chi connectivity index (χ1n) is 6.35. The van der Waals surface area contributed by atoms with E-state index in [2.05, 4.69) is 50.3 Å². The van der Waals surface area contributed by atoms with E-state index in [9.17, 15) is 0 Å². The molecule has 2 aliphatic carbocycles. The summed E-state index contributed by atoms with van der Waals surface area (Å²) < 4.78 is 3.36. The average Bonchev–Trinajstić information content (AvgIpc) is 2.94. The summed E-state index contributed by atoms with van der Waals surface area (Å²) >= 11 is 0.181. The van der Waals surface area contributed by atoms with Crippen LogP contribution in [0.15, 0.2) is 44.2 Å². The topological polar surface area (TPSA) is 0 Å². The Morgan fingerprint density at radius 2 is 1.39 bits per heavy atom. The van der Waals surface area contributed by atoms with E-state index >= 15 is 0 Å². The Labute approximate surface area is 141 Å². The van der Waals surface area contributed by atoms with Crippen molar-refractivity contribution < 1.29 is 61.1 Å². The minimum Gasteiger partial charge on any atom is -1.00 e. The fourth-order valence-electron chi connectivity index (χ4n) is 1.64. The maximum atomic E-state index is 2.30. The van der Waals surface area contributed by atoms with Crippen LogP contribution in [0.25, 0.3) is 0 Å². The summed E-state index contributed by atoms with van der Waals surface area (Å²) in [5.41, 5.74) is 0. The summed E-state index contributed by atoms with van der Waals surface area (Å²) in [6.45, 7) is 4.59. The molecule has 0 saturated carbocycles. The fourth-order valence-corrected chi connectivity index (χ4v) is 5.01. The van der Waals surface area contributed by atoms with Crippen LogP contribution in [0, 0.1) is 0 Å². The van der Waals surface area contributed by atoms with Crippen LogP contribution in [-0.2, 0) is 36.3 Å². The van der Waals surface area contributed by atoms with Crippen molar-refractivity contribution in [2.24, 2.45) is 0 Å². The van der Waals surface area contributed by atoms with Crippen LogP contribution in [-0.4, -0.2) is 0 Å². The average molecular weight is 372 g/mol. The maximum Gasteiger partial charge on any atom is -1.00 e. The molecule has 0 bridgehead atoms. The molecule has 0 radical (unpaired) electrons. The summed E-state index contributed by atoms with van der Waals surface area (Å²) in [7, 11) is 0. The van der Waals surface area contributed by atoms with Crippen molar-refractivity contribution in [2.75, 3.05) is 0 Å². The van der Waals surface area contributed by atoms with Gasteiger partial charge in [0.05, 0.1) is 0 Å². The molecule has 0 aromatic carbocycles. The summed E-state index contributed by atoms with van der Waals surface area (Å²) in [5.74, 6) is 0. The molecule has 96 valence electrons. The van der Waals surface area contributed by atoms with E-state index < -0.39 is 0 Å². The fraction of sp³-hybridized carbons (Fsp3) is 0.429. The van der Waals surface area contributed by atoms with Gasteiger partial charge in [0.15, 0.2) is 0 Å². The van der Waals surface area contributed by atoms with E-state index in [-0.39, 0.29) is 61.1 Å². The molecule has 18 heavy (non-hydrogen) atoms. The van der Waals surface area contributed by atoms with Crippen molar-refractivity contribution in [3.63, 3.8) is 0 Å². The molecule has 0 unspecified atom stereocenters. The van der Waals surface area contributed by atoms with Crippen LogP contribution in [0.1, 0.15) is 26.7 Å². The van der Waals surface area contributed by atoms with E-state index in [0.717, 1.165) is 0 Å². The van der Waals surface area contributed by atoms with Gasteiger partial charge in [0.25, 0.3) is 0 Å².